The number of nitrogens with zero attached hydrogens (tertiary/aromatic N) is 4. The first-order valence-corrected chi connectivity index (χ1v) is 7.53. The predicted octanol–water partition coefficient (Wildman–Crippen LogP) is 2.04. The molecule has 0 N–H and O–H groups in total. The van der Waals surface area contributed by atoms with E-state index < -0.39 is 0 Å². The van der Waals surface area contributed by atoms with Crippen LogP contribution in [0.25, 0.3) is 5.78 Å². The zero-order chi connectivity index (χ0) is 17.1. The molecule has 2 heterocycles. The van der Waals surface area contributed by atoms with E-state index in [1.165, 1.54) is 6.33 Å². The molecule has 0 aliphatic heterocycles. The molecule has 0 aliphatic rings. The van der Waals surface area contributed by atoms with Crippen molar-refractivity contribution in [2.45, 2.75) is 26.9 Å². The third kappa shape index (κ3) is 3.05. The van der Waals surface area contributed by atoms with Gasteiger partial charge in [0, 0.05) is 22.5 Å². The van der Waals surface area contributed by atoms with E-state index in [2.05, 4.69) is 15.1 Å². The number of rotatable bonds is 5. The molecule has 0 fully saturated rings. The summed E-state index contributed by atoms with van der Waals surface area (Å²) in [5.41, 5.74) is 3.22. The van der Waals surface area contributed by atoms with Crippen molar-refractivity contribution in [2.24, 2.45) is 0 Å². The lowest BCUT2D eigenvalue weighted by Gasteiger charge is -2.11. The van der Waals surface area contributed by atoms with Crippen LogP contribution >= 0.6 is 0 Å². The second-order valence-corrected chi connectivity index (χ2v) is 5.38. The van der Waals surface area contributed by atoms with Crippen LogP contribution in [-0.4, -0.2) is 32.7 Å². The Morgan fingerprint density at radius 3 is 2.83 bits per heavy atom. The zero-order valence-corrected chi connectivity index (χ0v) is 13.8. The highest BCUT2D eigenvalue weighted by Crippen LogP contribution is 2.19. The fraction of sp³-hybridized carbons (Fsp3) is 0.294. The lowest BCUT2D eigenvalue weighted by Crippen LogP contribution is -2.13. The highest BCUT2D eigenvalue weighted by Gasteiger charge is 2.15. The fourth-order valence-corrected chi connectivity index (χ4v) is 2.59. The molecule has 1 aromatic carbocycles. The fourth-order valence-electron chi connectivity index (χ4n) is 2.59. The number of aromatic nitrogens is 4. The van der Waals surface area contributed by atoms with Gasteiger partial charge in [0.25, 0.3) is 5.78 Å². The molecular weight excluding hydrogens is 308 g/mol. The molecule has 0 atom stereocenters. The molecule has 124 valence electrons. The maximum atomic E-state index is 12.2. The topological polar surface area (TPSA) is 78.6 Å². The van der Waals surface area contributed by atoms with E-state index in [-0.39, 0.29) is 19.0 Å². The first-order chi connectivity index (χ1) is 11.6. The number of fused-ring (bicyclic) bond motifs is 1. The summed E-state index contributed by atoms with van der Waals surface area (Å²) in [4.78, 5) is 20.7. The maximum absolute atomic E-state index is 12.2. The first kappa shape index (κ1) is 15.9. The van der Waals surface area contributed by atoms with E-state index in [0.29, 0.717) is 11.5 Å². The molecule has 7 nitrogen and oxygen atoms in total. The van der Waals surface area contributed by atoms with Crippen molar-refractivity contribution >= 4 is 11.7 Å². The van der Waals surface area contributed by atoms with Crippen molar-refractivity contribution in [1.29, 1.82) is 0 Å². The first-order valence-electron chi connectivity index (χ1n) is 7.53. The Morgan fingerprint density at radius 2 is 2.04 bits per heavy atom. The van der Waals surface area contributed by atoms with Gasteiger partial charge in [-0.05, 0) is 19.9 Å². The molecule has 24 heavy (non-hydrogen) atoms. The average Bonchev–Trinajstić information content (AvgIpc) is 3.05. The summed E-state index contributed by atoms with van der Waals surface area (Å²) in [6.07, 6.45) is 1.58. The molecule has 3 aromatic rings. The molecule has 0 unspecified atom stereocenters. The van der Waals surface area contributed by atoms with Crippen LogP contribution in [0.15, 0.2) is 30.6 Å². The summed E-state index contributed by atoms with van der Waals surface area (Å²) < 4.78 is 12.3. The van der Waals surface area contributed by atoms with Crippen molar-refractivity contribution in [2.75, 3.05) is 7.11 Å². The van der Waals surface area contributed by atoms with Crippen LogP contribution in [0.4, 0.5) is 0 Å². The van der Waals surface area contributed by atoms with Crippen LogP contribution in [0.3, 0.4) is 0 Å². The van der Waals surface area contributed by atoms with E-state index in [9.17, 15) is 4.79 Å². The third-order valence-electron chi connectivity index (χ3n) is 3.89. The van der Waals surface area contributed by atoms with Crippen LogP contribution in [0.1, 0.15) is 22.5 Å². The summed E-state index contributed by atoms with van der Waals surface area (Å²) in [6, 6.07) is 7.45. The molecule has 0 saturated heterocycles. The van der Waals surface area contributed by atoms with Gasteiger partial charge < -0.3 is 9.47 Å². The normalized spacial score (nSPS) is 10.8. The SMILES string of the molecule is COc1ccccc1COC(=O)Cc1c(C)nc2ncnn2c1C. The van der Waals surface area contributed by atoms with E-state index >= 15 is 0 Å². The van der Waals surface area contributed by atoms with E-state index in [4.69, 9.17) is 9.47 Å². The molecule has 3 rings (SSSR count). The van der Waals surface area contributed by atoms with Crippen molar-refractivity contribution in [3.05, 3.63) is 53.1 Å². The Balaban J connectivity index is 1.73. The minimum Gasteiger partial charge on any atom is -0.496 e. The number of esters is 1. The number of methoxy groups -OCH3 is 1. The zero-order valence-electron chi connectivity index (χ0n) is 13.8. The predicted molar refractivity (Wildman–Crippen MR) is 86.8 cm³/mol. The van der Waals surface area contributed by atoms with Gasteiger partial charge in [0.2, 0.25) is 0 Å². The number of hydrogen-bond acceptors (Lipinski definition) is 6. The van der Waals surface area contributed by atoms with Crippen LogP contribution in [0.5, 0.6) is 5.75 Å². The number of para-hydroxylation sites is 1. The summed E-state index contributed by atoms with van der Waals surface area (Å²) in [6.45, 7) is 3.91. The second-order valence-electron chi connectivity index (χ2n) is 5.38. The minimum absolute atomic E-state index is 0.135. The number of carbonyl (C=O) groups excluding carboxylic acids is 1. The Morgan fingerprint density at radius 1 is 1.25 bits per heavy atom. The van der Waals surface area contributed by atoms with E-state index in [0.717, 1.165) is 22.5 Å². The van der Waals surface area contributed by atoms with Crippen molar-refractivity contribution in [1.82, 2.24) is 19.6 Å². The molecule has 0 amide bonds. The molecule has 0 radical (unpaired) electrons. The smallest absolute Gasteiger partial charge is 0.310 e. The molecular formula is C17H18N4O3. The lowest BCUT2D eigenvalue weighted by molar-refractivity contribution is -0.144. The summed E-state index contributed by atoms with van der Waals surface area (Å²) in [5.74, 6) is 0.896. The van der Waals surface area contributed by atoms with Gasteiger partial charge in [0.15, 0.2) is 0 Å². The van der Waals surface area contributed by atoms with Crippen molar-refractivity contribution in [3.63, 3.8) is 0 Å². The van der Waals surface area contributed by atoms with Crippen LogP contribution < -0.4 is 4.74 Å². The highest BCUT2D eigenvalue weighted by atomic mass is 16.5. The highest BCUT2D eigenvalue weighted by molar-refractivity contribution is 5.73. The van der Waals surface area contributed by atoms with Gasteiger partial charge in [0.05, 0.1) is 13.5 Å². The number of ether oxygens (including phenoxy) is 2. The standard InChI is InChI=1S/C17H18N4O3/c1-11-14(12(2)21-17(20-11)18-10-19-21)8-16(22)24-9-13-6-4-5-7-15(13)23-3/h4-7,10H,8-9H2,1-3H3. The molecule has 0 saturated carbocycles. The quantitative estimate of drug-likeness (QED) is 0.668. The van der Waals surface area contributed by atoms with Gasteiger partial charge in [-0.2, -0.15) is 10.1 Å². The van der Waals surface area contributed by atoms with Crippen molar-refractivity contribution < 1.29 is 14.3 Å². The number of aryl methyl sites for hydroxylation is 2. The Labute approximate surface area is 139 Å². The van der Waals surface area contributed by atoms with Gasteiger partial charge >= 0.3 is 5.97 Å². The molecule has 2 aromatic heterocycles. The summed E-state index contributed by atoms with van der Waals surface area (Å²) in [5, 5.41) is 4.12. The average molecular weight is 326 g/mol. The molecule has 0 bridgehead atoms. The second kappa shape index (κ2) is 6.66. The monoisotopic (exact) mass is 326 g/mol. The van der Waals surface area contributed by atoms with Gasteiger partial charge in [-0.25, -0.2) is 9.50 Å². The number of hydrogen-bond donors (Lipinski definition) is 0. The van der Waals surface area contributed by atoms with Gasteiger partial charge in [-0.15, -0.1) is 0 Å². The Hall–Kier alpha value is -2.96. The molecule has 0 spiro atoms. The lowest BCUT2D eigenvalue weighted by atomic mass is 10.1. The van der Waals surface area contributed by atoms with Crippen molar-refractivity contribution in [3.8, 4) is 5.75 Å². The van der Waals surface area contributed by atoms with Gasteiger partial charge in [0.1, 0.15) is 18.7 Å². The maximum Gasteiger partial charge on any atom is 0.310 e. The Kier molecular flexibility index (Phi) is 4.41. The minimum atomic E-state index is -0.326. The Bertz CT molecular complexity index is 889. The summed E-state index contributed by atoms with van der Waals surface area (Å²) in [7, 11) is 1.59. The van der Waals surface area contributed by atoms with Crippen LogP contribution in [0, 0.1) is 13.8 Å². The van der Waals surface area contributed by atoms with Gasteiger partial charge in [-0.1, -0.05) is 18.2 Å². The van der Waals surface area contributed by atoms with E-state index in [1.807, 2.05) is 38.1 Å². The molecule has 7 heteroatoms. The summed E-state index contributed by atoms with van der Waals surface area (Å²) >= 11 is 0. The van der Waals surface area contributed by atoms with Crippen LogP contribution in [-0.2, 0) is 22.6 Å². The van der Waals surface area contributed by atoms with Crippen LogP contribution in [0.2, 0.25) is 0 Å². The number of carbonyl (C=O) groups is 1. The van der Waals surface area contributed by atoms with E-state index in [1.54, 1.807) is 11.6 Å². The van der Waals surface area contributed by atoms with Gasteiger partial charge in [-0.3, -0.25) is 4.79 Å². The number of benzene rings is 1. The third-order valence-corrected chi connectivity index (χ3v) is 3.89. The largest absolute Gasteiger partial charge is 0.496 e. The molecule has 0 aliphatic carbocycles.